The van der Waals surface area contributed by atoms with Crippen LogP contribution in [0.2, 0.25) is 0 Å². The number of nitrogens with zero attached hydrogens (tertiary/aromatic N) is 1. The van der Waals surface area contributed by atoms with E-state index in [9.17, 15) is 4.79 Å². The van der Waals surface area contributed by atoms with E-state index in [1.54, 1.807) is 0 Å². The number of likely N-dealkylation sites (tertiary alicyclic amines) is 1. The van der Waals surface area contributed by atoms with Crippen molar-refractivity contribution in [2.45, 2.75) is 51.0 Å². The molecule has 0 radical (unpaired) electrons. The Kier molecular flexibility index (Phi) is 6.24. The van der Waals surface area contributed by atoms with E-state index in [0.29, 0.717) is 12.6 Å². The summed E-state index contributed by atoms with van der Waals surface area (Å²) in [7, 11) is 0. The smallest absolute Gasteiger partial charge is 0.237 e. The van der Waals surface area contributed by atoms with E-state index in [1.807, 2.05) is 37.3 Å². The Morgan fingerprint density at radius 3 is 2.67 bits per heavy atom. The van der Waals surface area contributed by atoms with Crippen molar-refractivity contribution in [2.24, 2.45) is 0 Å². The summed E-state index contributed by atoms with van der Waals surface area (Å²) in [6.07, 6.45) is 3.58. The van der Waals surface area contributed by atoms with Gasteiger partial charge in [-0.05, 0) is 31.7 Å². The molecule has 2 saturated heterocycles. The van der Waals surface area contributed by atoms with Crippen LogP contribution >= 0.6 is 0 Å². The predicted molar refractivity (Wildman–Crippen MR) is 92.7 cm³/mol. The van der Waals surface area contributed by atoms with Gasteiger partial charge in [0.25, 0.3) is 0 Å². The summed E-state index contributed by atoms with van der Waals surface area (Å²) in [5.74, 6) is 0.0995. The molecule has 0 aromatic heterocycles. The summed E-state index contributed by atoms with van der Waals surface area (Å²) < 4.78 is 11.5. The van der Waals surface area contributed by atoms with Crippen molar-refractivity contribution in [2.75, 3.05) is 26.3 Å². The molecule has 5 heteroatoms. The monoisotopic (exact) mass is 332 g/mol. The molecule has 0 bridgehead atoms. The molecular weight excluding hydrogens is 304 g/mol. The molecule has 2 fully saturated rings. The molecule has 1 N–H and O–H groups in total. The maximum atomic E-state index is 12.4. The van der Waals surface area contributed by atoms with Crippen molar-refractivity contribution in [3.05, 3.63) is 35.9 Å². The highest BCUT2D eigenvalue weighted by Gasteiger charge is 2.29. The van der Waals surface area contributed by atoms with Gasteiger partial charge in [-0.1, -0.05) is 30.3 Å². The lowest BCUT2D eigenvalue weighted by atomic mass is 10.1. The fourth-order valence-electron chi connectivity index (χ4n) is 3.39. The number of hydrogen-bond donors (Lipinski definition) is 1. The minimum atomic E-state index is -0.0931. The van der Waals surface area contributed by atoms with Crippen molar-refractivity contribution >= 4 is 5.91 Å². The number of rotatable bonds is 6. The van der Waals surface area contributed by atoms with E-state index in [4.69, 9.17) is 9.47 Å². The number of hydrogen-bond acceptors (Lipinski definition) is 4. The SMILES string of the molecule is C[C@H](C(=O)NCc1ccccc1)N1CCC(O[C@H]2CCOC2)CC1. The first-order valence-corrected chi connectivity index (χ1v) is 9.01. The van der Waals surface area contributed by atoms with Crippen LogP contribution in [0, 0.1) is 0 Å². The molecule has 1 aromatic carbocycles. The molecule has 1 amide bonds. The van der Waals surface area contributed by atoms with E-state index >= 15 is 0 Å². The Bertz CT molecular complexity index is 509. The predicted octanol–water partition coefficient (Wildman–Crippen LogP) is 1.96. The van der Waals surface area contributed by atoms with Crippen LogP contribution < -0.4 is 5.32 Å². The molecule has 24 heavy (non-hydrogen) atoms. The Morgan fingerprint density at radius 2 is 2.00 bits per heavy atom. The molecule has 2 aliphatic rings. The third-order valence-electron chi connectivity index (χ3n) is 4.99. The van der Waals surface area contributed by atoms with Gasteiger partial charge in [-0.2, -0.15) is 0 Å². The minimum absolute atomic E-state index is 0.0931. The average molecular weight is 332 g/mol. The summed E-state index contributed by atoms with van der Waals surface area (Å²) >= 11 is 0. The summed E-state index contributed by atoms with van der Waals surface area (Å²) in [6.45, 7) is 5.97. The molecule has 132 valence electrons. The summed E-state index contributed by atoms with van der Waals surface area (Å²) in [5.41, 5.74) is 1.13. The highest BCUT2D eigenvalue weighted by Crippen LogP contribution is 2.20. The van der Waals surface area contributed by atoms with Crippen LogP contribution in [0.5, 0.6) is 0 Å². The minimum Gasteiger partial charge on any atom is -0.379 e. The first-order valence-electron chi connectivity index (χ1n) is 9.01. The van der Waals surface area contributed by atoms with Crippen molar-refractivity contribution in [3.63, 3.8) is 0 Å². The lowest BCUT2D eigenvalue weighted by molar-refractivity contribution is -0.127. The zero-order valence-electron chi connectivity index (χ0n) is 14.4. The Morgan fingerprint density at radius 1 is 1.25 bits per heavy atom. The highest BCUT2D eigenvalue weighted by molar-refractivity contribution is 5.81. The zero-order chi connectivity index (χ0) is 16.8. The molecule has 5 nitrogen and oxygen atoms in total. The second-order valence-corrected chi connectivity index (χ2v) is 6.74. The molecule has 0 unspecified atom stereocenters. The van der Waals surface area contributed by atoms with Crippen LogP contribution in [0.15, 0.2) is 30.3 Å². The van der Waals surface area contributed by atoms with Gasteiger partial charge in [-0.15, -0.1) is 0 Å². The lowest BCUT2D eigenvalue weighted by Gasteiger charge is -2.36. The molecule has 2 heterocycles. The molecule has 0 saturated carbocycles. The number of carbonyl (C=O) groups excluding carboxylic acids is 1. The molecule has 1 aromatic rings. The number of amides is 1. The van der Waals surface area contributed by atoms with Crippen molar-refractivity contribution < 1.29 is 14.3 Å². The third-order valence-corrected chi connectivity index (χ3v) is 4.99. The quantitative estimate of drug-likeness (QED) is 0.865. The molecular formula is C19H28N2O3. The summed E-state index contributed by atoms with van der Waals surface area (Å²) in [4.78, 5) is 14.6. The van der Waals surface area contributed by atoms with Gasteiger partial charge in [-0.25, -0.2) is 0 Å². The third kappa shape index (κ3) is 4.79. The number of carbonyl (C=O) groups is 1. The lowest BCUT2D eigenvalue weighted by Crippen LogP contribution is -2.49. The summed E-state index contributed by atoms with van der Waals surface area (Å²) in [5, 5.41) is 3.04. The number of ether oxygens (including phenoxy) is 2. The van der Waals surface area contributed by atoms with Gasteiger partial charge in [0, 0.05) is 26.2 Å². The Balaban J connectivity index is 1.39. The van der Waals surface area contributed by atoms with Gasteiger partial charge in [0.2, 0.25) is 5.91 Å². The van der Waals surface area contributed by atoms with Gasteiger partial charge in [0.1, 0.15) is 0 Å². The van der Waals surface area contributed by atoms with Gasteiger partial charge >= 0.3 is 0 Å². The molecule has 0 aliphatic carbocycles. The van der Waals surface area contributed by atoms with E-state index < -0.39 is 0 Å². The first kappa shape index (κ1) is 17.4. The van der Waals surface area contributed by atoms with Crippen molar-refractivity contribution in [1.82, 2.24) is 10.2 Å². The Labute approximate surface area is 144 Å². The number of benzene rings is 1. The molecule has 2 aliphatic heterocycles. The van der Waals surface area contributed by atoms with Crippen LogP contribution in [-0.2, 0) is 20.8 Å². The normalized spacial score (nSPS) is 24.0. The van der Waals surface area contributed by atoms with Crippen LogP contribution in [-0.4, -0.2) is 55.4 Å². The number of piperidine rings is 1. The standard InChI is InChI=1S/C19H28N2O3/c1-15(19(22)20-13-16-5-3-2-4-6-16)21-10-7-17(8-11-21)24-18-9-12-23-14-18/h2-6,15,17-18H,7-14H2,1H3,(H,20,22)/t15-,18+/m1/s1. The maximum absolute atomic E-state index is 12.4. The maximum Gasteiger partial charge on any atom is 0.237 e. The van der Waals surface area contributed by atoms with E-state index in [2.05, 4.69) is 10.2 Å². The van der Waals surface area contributed by atoms with Gasteiger partial charge < -0.3 is 14.8 Å². The largest absolute Gasteiger partial charge is 0.379 e. The van der Waals surface area contributed by atoms with Gasteiger partial charge in [0.15, 0.2) is 0 Å². The van der Waals surface area contributed by atoms with Crippen molar-refractivity contribution in [1.29, 1.82) is 0 Å². The van der Waals surface area contributed by atoms with E-state index in [0.717, 1.165) is 51.1 Å². The second-order valence-electron chi connectivity index (χ2n) is 6.74. The average Bonchev–Trinajstić information content (AvgIpc) is 3.13. The first-order chi connectivity index (χ1) is 11.7. The van der Waals surface area contributed by atoms with Crippen molar-refractivity contribution in [3.8, 4) is 0 Å². The summed E-state index contributed by atoms with van der Waals surface area (Å²) in [6, 6.07) is 9.93. The molecule has 3 rings (SSSR count). The van der Waals surface area contributed by atoms with Crippen LogP contribution in [0.1, 0.15) is 31.7 Å². The zero-order valence-corrected chi connectivity index (χ0v) is 14.4. The fraction of sp³-hybridized carbons (Fsp3) is 0.632. The van der Waals surface area contributed by atoms with E-state index in [1.165, 1.54) is 0 Å². The van der Waals surface area contributed by atoms with Crippen LogP contribution in [0.3, 0.4) is 0 Å². The highest BCUT2D eigenvalue weighted by atomic mass is 16.5. The van der Waals surface area contributed by atoms with Crippen LogP contribution in [0.25, 0.3) is 0 Å². The fourth-order valence-corrected chi connectivity index (χ4v) is 3.39. The molecule has 2 atom stereocenters. The van der Waals surface area contributed by atoms with Gasteiger partial charge in [0.05, 0.1) is 24.9 Å². The van der Waals surface area contributed by atoms with E-state index in [-0.39, 0.29) is 18.1 Å². The topological polar surface area (TPSA) is 50.8 Å². The second kappa shape index (κ2) is 8.60. The van der Waals surface area contributed by atoms with Crippen LogP contribution in [0.4, 0.5) is 0 Å². The molecule has 0 spiro atoms. The number of nitrogens with one attached hydrogen (secondary N) is 1. The van der Waals surface area contributed by atoms with Gasteiger partial charge in [-0.3, -0.25) is 9.69 Å². The Hall–Kier alpha value is -1.43.